The van der Waals surface area contributed by atoms with Crippen LogP contribution in [0.2, 0.25) is 0 Å². The van der Waals surface area contributed by atoms with Crippen LogP contribution < -0.4 is 5.32 Å². The third kappa shape index (κ3) is 3.33. The number of hydrogen-bond acceptors (Lipinski definition) is 4. The fourth-order valence-corrected chi connectivity index (χ4v) is 3.14. The molecular weight excluding hydrogens is 342 g/mol. The molecule has 4 aromatic rings. The number of nitrogens with one attached hydrogen (secondary N) is 2. The highest BCUT2D eigenvalue weighted by molar-refractivity contribution is 5.92. The van der Waals surface area contributed by atoms with Crippen molar-refractivity contribution in [1.82, 2.24) is 34.8 Å². The Kier molecular flexibility index (Phi) is 4.23. The maximum absolute atomic E-state index is 12.5. The second-order valence-corrected chi connectivity index (χ2v) is 6.65. The molecule has 8 nitrogen and oxygen atoms in total. The highest BCUT2D eigenvalue weighted by Gasteiger charge is 2.16. The van der Waals surface area contributed by atoms with Crippen molar-refractivity contribution in [2.24, 2.45) is 7.05 Å². The van der Waals surface area contributed by atoms with Crippen LogP contribution in [0.5, 0.6) is 0 Å². The molecule has 0 spiro atoms. The zero-order valence-electron chi connectivity index (χ0n) is 15.5. The van der Waals surface area contributed by atoms with Gasteiger partial charge in [0.2, 0.25) is 0 Å². The Morgan fingerprint density at radius 1 is 1.33 bits per heavy atom. The minimum Gasteiger partial charge on any atom is -0.344 e. The minimum absolute atomic E-state index is 0.147. The topological polar surface area (TPSA) is 93.4 Å². The van der Waals surface area contributed by atoms with E-state index in [0.29, 0.717) is 12.2 Å². The SMILES string of the molecule is Cc1nc2ccccc2n1Cc1cc(C(=O)N[C@H](C)c2cnn(C)c2)n[nH]1. The quantitative estimate of drug-likeness (QED) is 0.569. The predicted octanol–water partition coefficient (Wildman–Crippen LogP) is 2.34. The van der Waals surface area contributed by atoms with Gasteiger partial charge < -0.3 is 9.88 Å². The van der Waals surface area contributed by atoms with Crippen LogP contribution in [-0.2, 0) is 13.6 Å². The standard InChI is InChI=1S/C19H21N7O/c1-12(14-9-20-25(3)10-14)21-19(27)17-8-15(23-24-17)11-26-13(2)22-16-6-4-5-7-18(16)26/h4-10,12H,11H2,1-3H3,(H,21,27)(H,23,24)/t12-/m1/s1. The number of rotatable bonds is 5. The molecule has 0 aliphatic heterocycles. The Hall–Kier alpha value is -3.42. The van der Waals surface area contributed by atoms with E-state index < -0.39 is 0 Å². The van der Waals surface area contributed by atoms with Crippen molar-refractivity contribution in [2.45, 2.75) is 26.4 Å². The Morgan fingerprint density at radius 3 is 2.93 bits per heavy atom. The first kappa shape index (κ1) is 17.0. The fourth-order valence-electron chi connectivity index (χ4n) is 3.14. The van der Waals surface area contributed by atoms with Gasteiger partial charge in [0, 0.05) is 18.8 Å². The number of imidazole rings is 1. The molecule has 1 atom stereocenters. The largest absolute Gasteiger partial charge is 0.344 e. The van der Waals surface area contributed by atoms with Crippen LogP contribution in [-0.4, -0.2) is 35.4 Å². The summed E-state index contributed by atoms with van der Waals surface area (Å²) >= 11 is 0. The van der Waals surface area contributed by atoms with E-state index in [2.05, 4.69) is 30.2 Å². The summed E-state index contributed by atoms with van der Waals surface area (Å²) in [5, 5.41) is 14.2. The molecule has 0 radical (unpaired) electrons. The van der Waals surface area contributed by atoms with Crippen molar-refractivity contribution in [2.75, 3.05) is 0 Å². The first-order valence-corrected chi connectivity index (χ1v) is 8.77. The van der Waals surface area contributed by atoms with Gasteiger partial charge in [0.05, 0.1) is 35.5 Å². The lowest BCUT2D eigenvalue weighted by molar-refractivity contribution is 0.0935. The number of hydrogen-bond donors (Lipinski definition) is 2. The number of benzene rings is 1. The molecule has 3 heterocycles. The summed E-state index contributed by atoms with van der Waals surface area (Å²) in [5.41, 5.74) is 4.17. The van der Waals surface area contributed by atoms with Gasteiger partial charge in [0.1, 0.15) is 11.5 Å². The molecule has 138 valence electrons. The lowest BCUT2D eigenvalue weighted by atomic mass is 10.2. The summed E-state index contributed by atoms with van der Waals surface area (Å²) in [5.74, 6) is 0.697. The molecule has 3 aromatic heterocycles. The third-order valence-corrected chi connectivity index (χ3v) is 4.61. The summed E-state index contributed by atoms with van der Waals surface area (Å²) in [6.45, 7) is 4.47. The lowest BCUT2D eigenvalue weighted by Crippen LogP contribution is -2.26. The van der Waals surface area contributed by atoms with E-state index in [9.17, 15) is 4.79 Å². The van der Waals surface area contributed by atoms with Crippen molar-refractivity contribution >= 4 is 16.9 Å². The molecule has 0 aliphatic rings. The van der Waals surface area contributed by atoms with E-state index in [1.165, 1.54) is 0 Å². The number of fused-ring (bicyclic) bond motifs is 1. The number of para-hydroxylation sites is 2. The van der Waals surface area contributed by atoms with Gasteiger partial charge in [-0.05, 0) is 32.0 Å². The number of aromatic amines is 1. The van der Waals surface area contributed by atoms with Crippen molar-refractivity contribution in [1.29, 1.82) is 0 Å². The molecule has 0 aliphatic carbocycles. The molecule has 2 N–H and O–H groups in total. The van der Waals surface area contributed by atoms with Crippen LogP contribution in [0, 0.1) is 6.92 Å². The van der Waals surface area contributed by atoms with Gasteiger partial charge in [-0.3, -0.25) is 14.6 Å². The number of aromatic nitrogens is 6. The molecule has 4 rings (SSSR count). The van der Waals surface area contributed by atoms with Gasteiger partial charge in [0.25, 0.3) is 5.91 Å². The minimum atomic E-state index is -0.221. The number of carbonyl (C=O) groups is 1. The predicted molar refractivity (Wildman–Crippen MR) is 101 cm³/mol. The van der Waals surface area contributed by atoms with Crippen LogP contribution >= 0.6 is 0 Å². The van der Waals surface area contributed by atoms with Gasteiger partial charge in [-0.2, -0.15) is 10.2 Å². The number of carbonyl (C=O) groups excluding carboxylic acids is 1. The third-order valence-electron chi connectivity index (χ3n) is 4.61. The van der Waals surface area contributed by atoms with E-state index in [1.54, 1.807) is 16.9 Å². The molecular formula is C19H21N7O. The van der Waals surface area contributed by atoms with E-state index in [1.807, 2.05) is 51.4 Å². The first-order chi connectivity index (χ1) is 13.0. The summed E-state index contributed by atoms with van der Waals surface area (Å²) in [6.07, 6.45) is 3.63. The molecule has 1 aromatic carbocycles. The van der Waals surface area contributed by atoms with Crippen molar-refractivity contribution in [3.05, 3.63) is 65.5 Å². The van der Waals surface area contributed by atoms with Gasteiger partial charge in [0.15, 0.2) is 0 Å². The molecule has 0 saturated heterocycles. The van der Waals surface area contributed by atoms with Crippen LogP contribution in [0.4, 0.5) is 0 Å². The molecule has 0 saturated carbocycles. The van der Waals surface area contributed by atoms with Crippen LogP contribution in [0.3, 0.4) is 0 Å². The molecule has 1 amide bonds. The zero-order chi connectivity index (χ0) is 19.0. The molecule has 8 heteroatoms. The molecule has 0 bridgehead atoms. The van der Waals surface area contributed by atoms with E-state index in [0.717, 1.165) is 28.1 Å². The highest BCUT2D eigenvalue weighted by atomic mass is 16.2. The Balaban J connectivity index is 1.49. The molecule has 0 unspecified atom stereocenters. The van der Waals surface area contributed by atoms with Gasteiger partial charge in [-0.1, -0.05) is 12.1 Å². The van der Waals surface area contributed by atoms with E-state index in [4.69, 9.17) is 0 Å². The molecule has 0 fully saturated rings. The maximum Gasteiger partial charge on any atom is 0.272 e. The Morgan fingerprint density at radius 2 is 2.15 bits per heavy atom. The second kappa shape index (κ2) is 6.71. The van der Waals surface area contributed by atoms with Crippen molar-refractivity contribution in [3.8, 4) is 0 Å². The normalized spacial score (nSPS) is 12.4. The van der Waals surface area contributed by atoms with Crippen molar-refractivity contribution in [3.63, 3.8) is 0 Å². The average Bonchev–Trinajstić information content (AvgIpc) is 3.35. The second-order valence-electron chi connectivity index (χ2n) is 6.65. The van der Waals surface area contributed by atoms with Gasteiger partial charge in [-0.15, -0.1) is 0 Å². The summed E-state index contributed by atoms with van der Waals surface area (Å²) in [6, 6.07) is 9.62. The zero-order valence-corrected chi connectivity index (χ0v) is 15.5. The van der Waals surface area contributed by atoms with Gasteiger partial charge >= 0.3 is 0 Å². The number of nitrogens with zero attached hydrogens (tertiary/aromatic N) is 5. The highest BCUT2D eigenvalue weighted by Crippen LogP contribution is 2.17. The first-order valence-electron chi connectivity index (χ1n) is 8.77. The Labute approximate surface area is 156 Å². The van der Waals surface area contributed by atoms with Crippen LogP contribution in [0.25, 0.3) is 11.0 Å². The number of amides is 1. The fraction of sp³-hybridized carbons (Fsp3) is 0.263. The smallest absolute Gasteiger partial charge is 0.272 e. The van der Waals surface area contributed by atoms with Crippen LogP contribution in [0.1, 0.15) is 40.5 Å². The lowest BCUT2D eigenvalue weighted by Gasteiger charge is -2.10. The number of H-pyrrole nitrogens is 1. The van der Waals surface area contributed by atoms with E-state index >= 15 is 0 Å². The van der Waals surface area contributed by atoms with Gasteiger partial charge in [-0.25, -0.2) is 4.98 Å². The van der Waals surface area contributed by atoms with E-state index in [-0.39, 0.29) is 11.9 Å². The summed E-state index contributed by atoms with van der Waals surface area (Å²) in [4.78, 5) is 17.1. The number of aryl methyl sites for hydroxylation is 2. The maximum atomic E-state index is 12.5. The van der Waals surface area contributed by atoms with Crippen LogP contribution in [0.15, 0.2) is 42.7 Å². The average molecular weight is 363 g/mol. The Bertz CT molecular complexity index is 1100. The molecule has 27 heavy (non-hydrogen) atoms. The summed E-state index contributed by atoms with van der Waals surface area (Å²) in [7, 11) is 1.85. The monoisotopic (exact) mass is 363 g/mol. The summed E-state index contributed by atoms with van der Waals surface area (Å²) < 4.78 is 3.81. The van der Waals surface area contributed by atoms with Crippen molar-refractivity contribution < 1.29 is 4.79 Å².